The highest BCUT2D eigenvalue weighted by Crippen LogP contribution is 2.39. The number of fused-ring (bicyclic) bond motifs is 1. The van der Waals surface area contributed by atoms with Crippen molar-refractivity contribution in [3.63, 3.8) is 0 Å². The number of hydrogen-bond donors (Lipinski definition) is 0. The number of ether oxygens (including phenoxy) is 1. The van der Waals surface area contributed by atoms with E-state index in [0.717, 1.165) is 10.0 Å². The highest BCUT2D eigenvalue weighted by Gasteiger charge is 2.53. The number of nitro groups is 1. The fraction of sp³-hybridized carbons (Fsp3) is 0.194. The van der Waals surface area contributed by atoms with Gasteiger partial charge in [0.2, 0.25) is 0 Å². The van der Waals surface area contributed by atoms with E-state index in [4.69, 9.17) is 27.9 Å². The second kappa shape index (κ2) is 12.4. The number of nitrogens with zero attached hydrogens (tertiary/aromatic N) is 3. The zero-order valence-electron chi connectivity index (χ0n) is 23.0. The van der Waals surface area contributed by atoms with Crippen LogP contribution in [0.3, 0.4) is 0 Å². The minimum Gasteiger partial charge on any atom is -0.423 e. The van der Waals surface area contributed by atoms with Crippen LogP contribution in [0.25, 0.3) is 0 Å². The minimum atomic E-state index is -0.838. The van der Waals surface area contributed by atoms with Crippen LogP contribution in [-0.2, 0) is 9.59 Å². The van der Waals surface area contributed by atoms with Gasteiger partial charge in [0.05, 0.1) is 32.9 Å². The average molecular weight is 636 g/mol. The van der Waals surface area contributed by atoms with Crippen LogP contribution in [0.1, 0.15) is 44.4 Å². The molecule has 13 heteroatoms. The second-order valence-corrected chi connectivity index (χ2v) is 11.1. The predicted molar refractivity (Wildman–Crippen MR) is 158 cm³/mol. The van der Waals surface area contributed by atoms with Gasteiger partial charge in [-0.05, 0) is 66.9 Å². The van der Waals surface area contributed by atoms with E-state index in [2.05, 4.69) is 0 Å². The maximum absolute atomic E-state index is 13.8. The molecule has 224 valence electrons. The Hall–Kier alpha value is -4.87. The summed E-state index contributed by atoms with van der Waals surface area (Å²) in [7, 11) is 0. The normalized spacial score (nSPS) is 19.0. The number of benzene rings is 3. The Labute approximate surface area is 260 Å². The van der Waals surface area contributed by atoms with Crippen LogP contribution in [0.15, 0.2) is 78.9 Å². The summed E-state index contributed by atoms with van der Waals surface area (Å²) < 4.78 is 5.30. The van der Waals surface area contributed by atoms with E-state index in [9.17, 15) is 34.1 Å². The molecule has 0 spiro atoms. The lowest BCUT2D eigenvalue weighted by Gasteiger charge is -2.30. The molecule has 3 aromatic carbocycles. The van der Waals surface area contributed by atoms with Gasteiger partial charge in [-0.2, -0.15) is 5.01 Å². The fourth-order valence-corrected chi connectivity index (χ4v) is 5.71. The van der Waals surface area contributed by atoms with E-state index in [1.807, 2.05) is 19.1 Å². The largest absolute Gasteiger partial charge is 0.423 e. The number of nitro benzene ring substituents is 1. The molecule has 3 amide bonds. The van der Waals surface area contributed by atoms with E-state index >= 15 is 0 Å². The monoisotopic (exact) mass is 635 g/mol. The molecule has 11 nitrogen and oxygen atoms in total. The van der Waals surface area contributed by atoms with Gasteiger partial charge in [-0.25, -0.2) is 9.80 Å². The van der Waals surface area contributed by atoms with Crippen molar-refractivity contribution >= 4 is 58.4 Å². The maximum atomic E-state index is 13.8. The minimum absolute atomic E-state index is 0.0225. The molecule has 1 aliphatic heterocycles. The summed E-state index contributed by atoms with van der Waals surface area (Å²) in [6.45, 7) is 1.14. The van der Waals surface area contributed by atoms with Crippen LogP contribution in [-0.4, -0.2) is 51.0 Å². The van der Waals surface area contributed by atoms with Crippen molar-refractivity contribution in [2.24, 2.45) is 17.8 Å². The summed E-state index contributed by atoms with van der Waals surface area (Å²) in [4.78, 5) is 76.9. The number of hydrogen-bond acceptors (Lipinski definition) is 8. The van der Waals surface area contributed by atoms with Gasteiger partial charge in [-0.3, -0.25) is 29.3 Å². The number of imide groups is 1. The Morgan fingerprint density at radius 3 is 2.25 bits per heavy atom. The summed E-state index contributed by atoms with van der Waals surface area (Å²) in [6, 6.07) is 14.4. The molecule has 2 aliphatic rings. The first kappa shape index (κ1) is 30.6. The van der Waals surface area contributed by atoms with Crippen LogP contribution in [0.4, 0.5) is 5.69 Å². The number of carbonyl (C=O) groups is 5. The highest BCUT2D eigenvalue weighted by atomic mass is 35.5. The topological polar surface area (TPSA) is 144 Å². The number of Topliss-reactive ketones (excluding diaryl/α,β-unsaturated/α-hetero) is 1. The molecule has 1 aliphatic carbocycles. The first-order chi connectivity index (χ1) is 21.0. The molecule has 0 bridgehead atoms. The standard InChI is InChI=1S/C31H23Cl2N3O8/c1-17-3-2-4-24-27(17)30(40)35(29(24)39)34(28(38)23-14-9-20(32)15-25(23)33)16-26(37)18-7-12-22(13-8-18)44-31(41)19-5-10-21(11-6-19)36(42)43/h2-3,5-15,17,24,27H,4,16H2,1H3/t17-,24-,27-/m1/s1. The van der Waals surface area contributed by atoms with E-state index in [-0.39, 0.29) is 44.1 Å². The molecule has 0 unspecified atom stereocenters. The summed E-state index contributed by atoms with van der Waals surface area (Å²) in [5, 5.41) is 12.6. The summed E-state index contributed by atoms with van der Waals surface area (Å²) in [6.07, 6.45) is 4.00. The van der Waals surface area contributed by atoms with Crippen LogP contribution in [0.2, 0.25) is 10.0 Å². The Balaban J connectivity index is 1.38. The van der Waals surface area contributed by atoms with Crippen LogP contribution >= 0.6 is 23.2 Å². The van der Waals surface area contributed by atoms with Crippen LogP contribution in [0, 0.1) is 27.9 Å². The SMILES string of the molecule is C[C@@H]1C=CC[C@H]2C(=O)N(N(CC(=O)c3ccc(OC(=O)c4ccc([N+](=O)[O-])cc4)cc3)C(=O)c3ccc(Cl)cc3Cl)C(=O)[C@H]12. The van der Waals surface area contributed by atoms with Crippen molar-refractivity contribution in [1.29, 1.82) is 0 Å². The van der Waals surface area contributed by atoms with Gasteiger partial charge < -0.3 is 4.74 Å². The lowest BCUT2D eigenvalue weighted by atomic mass is 9.78. The Bertz CT molecular complexity index is 1720. The molecule has 5 rings (SSSR count). The fourth-order valence-electron chi connectivity index (χ4n) is 5.23. The quantitative estimate of drug-likeness (QED) is 0.0595. The first-order valence-corrected chi connectivity index (χ1v) is 14.1. The molecule has 1 fully saturated rings. The number of rotatable bonds is 8. The second-order valence-electron chi connectivity index (χ2n) is 10.3. The summed E-state index contributed by atoms with van der Waals surface area (Å²) >= 11 is 12.3. The molecule has 3 atom stereocenters. The summed E-state index contributed by atoms with van der Waals surface area (Å²) in [5.41, 5.74) is -0.0564. The van der Waals surface area contributed by atoms with Crippen molar-refractivity contribution in [2.75, 3.05) is 6.54 Å². The Kier molecular flexibility index (Phi) is 8.61. The number of non-ortho nitro benzene ring substituents is 1. The highest BCUT2D eigenvalue weighted by molar-refractivity contribution is 6.36. The van der Waals surface area contributed by atoms with E-state index < -0.39 is 52.8 Å². The molecule has 44 heavy (non-hydrogen) atoms. The molecule has 1 heterocycles. The number of hydrazine groups is 1. The number of ketones is 1. The average Bonchev–Trinajstić information content (AvgIpc) is 3.25. The van der Waals surface area contributed by atoms with Crippen molar-refractivity contribution in [2.45, 2.75) is 13.3 Å². The molecule has 0 radical (unpaired) electrons. The van der Waals surface area contributed by atoms with Gasteiger partial charge in [-0.1, -0.05) is 42.3 Å². The van der Waals surface area contributed by atoms with E-state index in [0.29, 0.717) is 6.42 Å². The van der Waals surface area contributed by atoms with Gasteiger partial charge in [0.15, 0.2) is 5.78 Å². The van der Waals surface area contributed by atoms with E-state index in [1.165, 1.54) is 66.7 Å². The number of amides is 3. The van der Waals surface area contributed by atoms with Crippen molar-refractivity contribution in [1.82, 2.24) is 10.0 Å². The third-order valence-electron chi connectivity index (χ3n) is 7.48. The number of esters is 1. The number of halogens is 2. The number of carbonyl (C=O) groups excluding carboxylic acids is 5. The smallest absolute Gasteiger partial charge is 0.343 e. The molecular weight excluding hydrogens is 613 g/mol. The molecule has 0 saturated carbocycles. The lowest BCUT2D eigenvalue weighted by molar-refractivity contribution is -0.384. The van der Waals surface area contributed by atoms with E-state index in [1.54, 1.807) is 0 Å². The Morgan fingerprint density at radius 1 is 0.977 bits per heavy atom. The lowest BCUT2D eigenvalue weighted by Crippen LogP contribution is -2.52. The van der Waals surface area contributed by atoms with Gasteiger partial charge in [0.25, 0.3) is 23.4 Å². The molecule has 0 N–H and O–H groups in total. The first-order valence-electron chi connectivity index (χ1n) is 13.4. The third kappa shape index (κ3) is 5.97. The molecule has 3 aromatic rings. The summed E-state index contributed by atoms with van der Waals surface area (Å²) in [5.74, 6) is -4.90. The molecule has 0 aromatic heterocycles. The Morgan fingerprint density at radius 2 is 1.64 bits per heavy atom. The van der Waals surface area contributed by atoms with Gasteiger partial charge >= 0.3 is 5.97 Å². The van der Waals surface area contributed by atoms with Gasteiger partial charge in [0, 0.05) is 22.7 Å². The van der Waals surface area contributed by atoms with Crippen LogP contribution in [0.5, 0.6) is 5.75 Å². The van der Waals surface area contributed by atoms with Crippen molar-refractivity contribution in [3.05, 3.63) is 116 Å². The zero-order chi connectivity index (χ0) is 31.7. The zero-order valence-corrected chi connectivity index (χ0v) is 24.5. The molecule has 1 saturated heterocycles. The number of allylic oxidation sites excluding steroid dienone is 2. The molecular formula is C31H23Cl2N3O8. The maximum Gasteiger partial charge on any atom is 0.343 e. The third-order valence-corrected chi connectivity index (χ3v) is 8.03. The van der Waals surface area contributed by atoms with Crippen molar-refractivity contribution < 1.29 is 33.6 Å². The van der Waals surface area contributed by atoms with Gasteiger partial charge in [-0.15, -0.1) is 0 Å². The van der Waals surface area contributed by atoms with Gasteiger partial charge in [0.1, 0.15) is 12.3 Å². The predicted octanol–water partition coefficient (Wildman–Crippen LogP) is 5.56. The van der Waals surface area contributed by atoms with Crippen LogP contribution < -0.4 is 4.74 Å². The van der Waals surface area contributed by atoms with Crippen molar-refractivity contribution in [3.8, 4) is 5.75 Å².